The van der Waals surface area contributed by atoms with E-state index in [1.807, 2.05) is 24.5 Å². The first-order valence-corrected chi connectivity index (χ1v) is 11.3. The maximum absolute atomic E-state index is 13.3. The Labute approximate surface area is 192 Å². The van der Waals surface area contributed by atoms with Crippen molar-refractivity contribution in [2.24, 2.45) is 0 Å². The van der Waals surface area contributed by atoms with Crippen molar-refractivity contribution >= 4 is 35.2 Å². The molecule has 0 atom stereocenters. The summed E-state index contributed by atoms with van der Waals surface area (Å²) in [4.78, 5) is 27.3. The van der Waals surface area contributed by atoms with Gasteiger partial charge in [0.2, 0.25) is 0 Å². The van der Waals surface area contributed by atoms with Gasteiger partial charge in [-0.25, -0.2) is 4.39 Å². The zero-order chi connectivity index (χ0) is 22.8. The molecule has 0 saturated carbocycles. The third kappa shape index (κ3) is 4.43. The highest BCUT2D eigenvalue weighted by atomic mass is 32.1. The number of aromatic nitrogens is 1. The standard InChI is InChI=1S/C25H26FN3O2S/c1-16-14-19(17(2)29(16)21-10-8-20(26)9-11-21)15-22-23(30)27-25(32)28(24(22)31)13-12-18-6-4-3-5-7-18/h6,8-11,14-15H,3-5,7,12-13H2,1-2H3,(H,27,30,32). The first-order valence-electron chi connectivity index (χ1n) is 10.9. The van der Waals surface area contributed by atoms with Crippen molar-refractivity contribution in [1.29, 1.82) is 0 Å². The Kier molecular flexibility index (Phi) is 6.37. The molecule has 1 N–H and O–H groups in total. The van der Waals surface area contributed by atoms with Crippen molar-refractivity contribution in [3.63, 3.8) is 0 Å². The van der Waals surface area contributed by atoms with Crippen molar-refractivity contribution in [3.05, 3.63) is 70.3 Å². The summed E-state index contributed by atoms with van der Waals surface area (Å²) in [6, 6.07) is 8.13. The average Bonchev–Trinajstić information content (AvgIpc) is 3.05. The number of benzene rings is 1. The fourth-order valence-corrected chi connectivity index (χ4v) is 4.63. The van der Waals surface area contributed by atoms with Crippen LogP contribution < -0.4 is 5.32 Å². The topological polar surface area (TPSA) is 54.3 Å². The van der Waals surface area contributed by atoms with Gasteiger partial charge in [-0.2, -0.15) is 0 Å². The first-order chi connectivity index (χ1) is 15.3. The lowest BCUT2D eigenvalue weighted by Gasteiger charge is -2.29. The van der Waals surface area contributed by atoms with Crippen molar-refractivity contribution in [2.45, 2.75) is 46.0 Å². The Morgan fingerprint density at radius 3 is 2.59 bits per heavy atom. The molecule has 0 spiro atoms. The molecule has 2 amide bonds. The van der Waals surface area contributed by atoms with Gasteiger partial charge in [0, 0.05) is 23.6 Å². The van der Waals surface area contributed by atoms with Crippen molar-refractivity contribution < 1.29 is 14.0 Å². The Balaban J connectivity index is 1.61. The van der Waals surface area contributed by atoms with Crippen LogP contribution >= 0.6 is 12.2 Å². The van der Waals surface area contributed by atoms with Gasteiger partial charge in [-0.1, -0.05) is 11.6 Å². The molecule has 1 fully saturated rings. The third-order valence-corrected chi connectivity index (χ3v) is 6.40. The van der Waals surface area contributed by atoms with Crippen LogP contribution in [0, 0.1) is 19.7 Å². The van der Waals surface area contributed by atoms with E-state index < -0.39 is 5.91 Å². The zero-order valence-corrected chi connectivity index (χ0v) is 19.1. The highest BCUT2D eigenvalue weighted by Crippen LogP contribution is 2.25. The smallest absolute Gasteiger partial charge is 0.265 e. The maximum Gasteiger partial charge on any atom is 0.265 e. The van der Waals surface area contributed by atoms with Gasteiger partial charge in [0.25, 0.3) is 11.8 Å². The second-order valence-corrected chi connectivity index (χ2v) is 8.66. The van der Waals surface area contributed by atoms with E-state index in [1.165, 1.54) is 35.4 Å². The van der Waals surface area contributed by atoms with Gasteiger partial charge in [-0.3, -0.25) is 19.8 Å². The van der Waals surface area contributed by atoms with Gasteiger partial charge in [0.05, 0.1) is 0 Å². The minimum Gasteiger partial charge on any atom is -0.318 e. The summed E-state index contributed by atoms with van der Waals surface area (Å²) in [5.41, 5.74) is 4.75. The lowest BCUT2D eigenvalue weighted by Crippen LogP contribution is -2.54. The Hall–Kier alpha value is -3.06. The molecule has 0 bridgehead atoms. The Morgan fingerprint density at radius 2 is 1.91 bits per heavy atom. The average molecular weight is 452 g/mol. The number of rotatable bonds is 5. The second-order valence-electron chi connectivity index (χ2n) is 8.27. The maximum atomic E-state index is 13.3. The molecule has 2 aromatic rings. The molecule has 2 aliphatic rings. The van der Waals surface area contributed by atoms with Gasteiger partial charge in [0.15, 0.2) is 5.11 Å². The van der Waals surface area contributed by atoms with Crippen LogP contribution in [-0.2, 0) is 9.59 Å². The number of hydrogen-bond donors (Lipinski definition) is 1. The van der Waals surface area contributed by atoms with E-state index in [-0.39, 0.29) is 22.4 Å². The molecule has 2 heterocycles. The summed E-state index contributed by atoms with van der Waals surface area (Å²) in [7, 11) is 0. The fourth-order valence-electron chi connectivity index (χ4n) is 4.36. The summed E-state index contributed by atoms with van der Waals surface area (Å²) >= 11 is 5.28. The largest absolute Gasteiger partial charge is 0.318 e. The summed E-state index contributed by atoms with van der Waals surface area (Å²) in [6.45, 7) is 4.29. The number of thiocarbonyl (C=S) groups is 1. The molecule has 1 aliphatic carbocycles. The number of aryl methyl sites for hydroxylation is 1. The molecule has 5 nitrogen and oxygen atoms in total. The van der Waals surface area contributed by atoms with Gasteiger partial charge in [-0.05, 0) is 100 Å². The summed E-state index contributed by atoms with van der Waals surface area (Å²) in [5.74, 6) is -1.16. The van der Waals surface area contributed by atoms with Gasteiger partial charge < -0.3 is 4.57 Å². The monoisotopic (exact) mass is 451 g/mol. The zero-order valence-electron chi connectivity index (χ0n) is 18.3. The number of nitrogens with one attached hydrogen (secondary N) is 1. The van der Waals surface area contributed by atoms with Crippen molar-refractivity contribution in [3.8, 4) is 5.69 Å². The van der Waals surface area contributed by atoms with E-state index in [9.17, 15) is 14.0 Å². The van der Waals surface area contributed by atoms with Crippen molar-refractivity contribution in [2.75, 3.05) is 6.54 Å². The second kappa shape index (κ2) is 9.20. The molecule has 0 radical (unpaired) electrons. The summed E-state index contributed by atoms with van der Waals surface area (Å²) < 4.78 is 15.3. The lowest BCUT2D eigenvalue weighted by molar-refractivity contribution is -0.128. The van der Waals surface area contributed by atoms with E-state index in [1.54, 1.807) is 18.2 Å². The van der Waals surface area contributed by atoms with Crippen LogP contribution in [0.25, 0.3) is 11.8 Å². The van der Waals surface area contributed by atoms with Crippen LogP contribution in [0.15, 0.2) is 47.6 Å². The predicted molar refractivity (Wildman–Crippen MR) is 127 cm³/mol. The summed E-state index contributed by atoms with van der Waals surface area (Å²) in [5, 5.41) is 2.82. The highest BCUT2D eigenvalue weighted by Gasteiger charge is 2.33. The number of allylic oxidation sites excluding steroid dienone is 1. The normalized spacial score (nSPS) is 18.2. The fraction of sp³-hybridized carbons (Fsp3) is 0.320. The number of amides is 2. The molecule has 166 valence electrons. The number of halogens is 1. The van der Waals surface area contributed by atoms with E-state index >= 15 is 0 Å². The van der Waals surface area contributed by atoms with Gasteiger partial charge in [-0.15, -0.1) is 0 Å². The molecule has 7 heteroatoms. The van der Waals surface area contributed by atoms with E-state index in [2.05, 4.69) is 11.4 Å². The highest BCUT2D eigenvalue weighted by molar-refractivity contribution is 7.80. The van der Waals surface area contributed by atoms with E-state index in [0.717, 1.165) is 41.9 Å². The minimum absolute atomic E-state index is 0.0654. The van der Waals surface area contributed by atoms with E-state index in [4.69, 9.17) is 12.2 Å². The molecular formula is C25H26FN3O2S. The van der Waals surface area contributed by atoms with Crippen LogP contribution in [0.4, 0.5) is 4.39 Å². The van der Waals surface area contributed by atoms with Crippen LogP contribution in [0.3, 0.4) is 0 Å². The lowest BCUT2D eigenvalue weighted by atomic mass is 9.97. The van der Waals surface area contributed by atoms with Crippen LogP contribution in [0.1, 0.15) is 49.1 Å². The molecule has 1 saturated heterocycles. The molecular weight excluding hydrogens is 425 g/mol. The quantitative estimate of drug-likeness (QED) is 0.309. The van der Waals surface area contributed by atoms with Crippen LogP contribution in [-0.4, -0.2) is 32.9 Å². The molecule has 32 heavy (non-hydrogen) atoms. The molecule has 0 unspecified atom stereocenters. The summed E-state index contributed by atoms with van der Waals surface area (Å²) in [6.07, 6.45) is 9.15. The van der Waals surface area contributed by atoms with Crippen molar-refractivity contribution in [1.82, 2.24) is 14.8 Å². The molecule has 1 aliphatic heterocycles. The minimum atomic E-state index is -0.486. The molecule has 1 aromatic carbocycles. The van der Waals surface area contributed by atoms with Gasteiger partial charge in [0.1, 0.15) is 11.4 Å². The Morgan fingerprint density at radius 1 is 1.16 bits per heavy atom. The predicted octanol–water partition coefficient (Wildman–Crippen LogP) is 4.75. The third-order valence-electron chi connectivity index (χ3n) is 6.08. The van der Waals surface area contributed by atoms with Crippen LogP contribution in [0.2, 0.25) is 0 Å². The number of carbonyl (C=O) groups is 2. The Bertz CT molecular complexity index is 1140. The SMILES string of the molecule is Cc1cc(C=C2C(=O)NC(=S)N(CCC3=CCCCC3)C2=O)c(C)n1-c1ccc(F)cc1. The number of carbonyl (C=O) groups excluding carboxylic acids is 2. The number of nitrogens with zero attached hydrogens (tertiary/aromatic N) is 2. The molecule has 4 rings (SSSR count). The van der Waals surface area contributed by atoms with Crippen LogP contribution in [0.5, 0.6) is 0 Å². The molecule has 1 aromatic heterocycles. The van der Waals surface area contributed by atoms with Gasteiger partial charge >= 0.3 is 0 Å². The van der Waals surface area contributed by atoms with E-state index in [0.29, 0.717) is 6.54 Å². The number of hydrogen-bond acceptors (Lipinski definition) is 3. The first kappa shape index (κ1) is 22.1.